The molecule has 0 aliphatic carbocycles. The second-order valence-corrected chi connectivity index (χ2v) is 8.09. The minimum absolute atomic E-state index is 0.0102. The molecule has 26 heavy (non-hydrogen) atoms. The van der Waals surface area contributed by atoms with Crippen LogP contribution in [0, 0.1) is 5.41 Å². The van der Waals surface area contributed by atoms with Gasteiger partial charge in [0, 0.05) is 33.0 Å². The fraction of sp³-hybridized carbons (Fsp3) is 0.524. The number of aryl methyl sites for hydroxylation is 1. The fourth-order valence-electron chi connectivity index (χ4n) is 4.67. The lowest BCUT2D eigenvalue weighted by Gasteiger charge is -2.49. The van der Waals surface area contributed by atoms with Crippen LogP contribution >= 0.6 is 0 Å². The average molecular weight is 352 g/mol. The highest BCUT2D eigenvalue weighted by molar-refractivity contribution is 5.84. The number of imidazole rings is 1. The minimum atomic E-state index is 0.0102. The van der Waals surface area contributed by atoms with Gasteiger partial charge < -0.3 is 9.47 Å². The van der Waals surface area contributed by atoms with E-state index >= 15 is 0 Å². The van der Waals surface area contributed by atoms with Crippen LogP contribution < -0.4 is 0 Å². The molecule has 0 radical (unpaired) electrons. The number of carbonyl (C=O) groups is 1. The Hall–Kier alpha value is -2.14. The fourth-order valence-corrected chi connectivity index (χ4v) is 4.67. The van der Waals surface area contributed by atoms with Crippen molar-refractivity contribution in [1.29, 1.82) is 0 Å². The third kappa shape index (κ3) is 3.28. The molecule has 0 saturated carbocycles. The van der Waals surface area contributed by atoms with E-state index in [1.54, 1.807) is 0 Å². The number of aromatic nitrogens is 2. The van der Waals surface area contributed by atoms with Crippen molar-refractivity contribution in [1.82, 2.24) is 19.4 Å². The summed E-state index contributed by atoms with van der Waals surface area (Å²) in [6, 6.07) is 10.3. The molecule has 2 fully saturated rings. The van der Waals surface area contributed by atoms with Gasteiger partial charge in [-0.1, -0.05) is 30.3 Å². The van der Waals surface area contributed by atoms with Crippen molar-refractivity contribution in [3.8, 4) is 0 Å². The molecule has 138 valence electrons. The van der Waals surface area contributed by atoms with Crippen LogP contribution in [-0.2, 0) is 18.4 Å². The van der Waals surface area contributed by atoms with Crippen molar-refractivity contribution in [3.05, 3.63) is 54.1 Å². The summed E-state index contributed by atoms with van der Waals surface area (Å²) in [4.78, 5) is 21.7. The van der Waals surface area contributed by atoms with Crippen LogP contribution in [0.2, 0.25) is 0 Å². The Bertz CT molecular complexity index is 761. The Morgan fingerprint density at radius 3 is 2.54 bits per heavy atom. The number of piperidine rings is 2. The van der Waals surface area contributed by atoms with Crippen LogP contribution in [0.25, 0.3) is 0 Å². The molecule has 5 nitrogen and oxygen atoms in total. The Morgan fingerprint density at radius 1 is 1.15 bits per heavy atom. The quantitative estimate of drug-likeness (QED) is 0.853. The Balaban J connectivity index is 1.45. The van der Waals surface area contributed by atoms with Crippen LogP contribution in [0.3, 0.4) is 0 Å². The molecule has 1 amide bonds. The van der Waals surface area contributed by atoms with Crippen LogP contribution in [-0.4, -0.2) is 51.9 Å². The maximum Gasteiger partial charge on any atom is 0.229 e. The van der Waals surface area contributed by atoms with E-state index in [0.717, 1.165) is 51.3 Å². The van der Waals surface area contributed by atoms with Gasteiger partial charge in [-0.15, -0.1) is 0 Å². The zero-order chi connectivity index (χ0) is 18.1. The van der Waals surface area contributed by atoms with Crippen molar-refractivity contribution in [2.24, 2.45) is 12.5 Å². The molecule has 2 aliphatic rings. The van der Waals surface area contributed by atoms with E-state index < -0.39 is 0 Å². The molecule has 2 aromatic rings. The molecule has 1 aromatic carbocycles. The molecular formula is C21H28N4O. The van der Waals surface area contributed by atoms with Crippen molar-refractivity contribution >= 4 is 5.91 Å². The van der Waals surface area contributed by atoms with E-state index in [1.807, 2.05) is 42.5 Å². The largest absolute Gasteiger partial charge is 0.345 e. The van der Waals surface area contributed by atoms with Crippen LogP contribution in [0.4, 0.5) is 0 Å². The van der Waals surface area contributed by atoms with Gasteiger partial charge in [0.15, 0.2) is 0 Å². The van der Waals surface area contributed by atoms with E-state index in [1.165, 1.54) is 5.56 Å². The number of likely N-dealkylation sites (N-methyl/N-ethyl adjacent to an activating group) is 1. The van der Waals surface area contributed by atoms with Crippen LogP contribution in [0.1, 0.15) is 36.6 Å². The summed E-state index contributed by atoms with van der Waals surface area (Å²) in [5.41, 5.74) is 1.42. The highest BCUT2D eigenvalue weighted by atomic mass is 16.2. The molecule has 4 rings (SSSR count). The number of carbonyl (C=O) groups excluding carboxylic acids is 1. The predicted molar refractivity (Wildman–Crippen MR) is 102 cm³/mol. The molecule has 3 heterocycles. The van der Waals surface area contributed by atoms with Gasteiger partial charge in [-0.05, 0) is 43.3 Å². The summed E-state index contributed by atoms with van der Waals surface area (Å²) in [5, 5.41) is 0. The first-order valence-electron chi connectivity index (χ1n) is 9.55. The van der Waals surface area contributed by atoms with Gasteiger partial charge in [0.05, 0.1) is 12.5 Å². The SMILES string of the molecule is CN1CC2(CCN(Cc3nccn3C)CC2)C[C@@H](c2ccccc2)C1=O. The number of hydrogen-bond acceptors (Lipinski definition) is 3. The molecule has 1 aromatic heterocycles. The van der Waals surface area contributed by atoms with Gasteiger partial charge >= 0.3 is 0 Å². The first-order chi connectivity index (χ1) is 12.6. The molecule has 5 heteroatoms. The van der Waals surface area contributed by atoms with Crippen molar-refractivity contribution < 1.29 is 4.79 Å². The van der Waals surface area contributed by atoms with Gasteiger partial charge in [-0.3, -0.25) is 9.69 Å². The Labute approximate surface area is 155 Å². The van der Waals surface area contributed by atoms with E-state index in [-0.39, 0.29) is 17.2 Å². The predicted octanol–water partition coefficient (Wildman–Crippen LogP) is 2.65. The number of amides is 1. The highest BCUT2D eigenvalue weighted by Gasteiger charge is 2.45. The lowest BCUT2D eigenvalue weighted by molar-refractivity contribution is -0.139. The maximum absolute atomic E-state index is 12.8. The molecule has 0 N–H and O–H groups in total. The van der Waals surface area contributed by atoms with E-state index in [0.29, 0.717) is 0 Å². The van der Waals surface area contributed by atoms with Crippen molar-refractivity contribution in [2.75, 3.05) is 26.7 Å². The number of benzene rings is 1. The van der Waals surface area contributed by atoms with E-state index in [2.05, 4.69) is 33.6 Å². The zero-order valence-corrected chi connectivity index (χ0v) is 15.8. The Morgan fingerprint density at radius 2 is 1.88 bits per heavy atom. The molecule has 2 aliphatic heterocycles. The molecule has 0 bridgehead atoms. The normalized spacial score (nSPS) is 23.5. The summed E-state index contributed by atoms with van der Waals surface area (Å²) in [5.74, 6) is 1.41. The second-order valence-electron chi connectivity index (χ2n) is 8.09. The smallest absolute Gasteiger partial charge is 0.229 e. The summed E-state index contributed by atoms with van der Waals surface area (Å²) in [6.45, 7) is 3.97. The van der Waals surface area contributed by atoms with Crippen molar-refractivity contribution in [3.63, 3.8) is 0 Å². The maximum atomic E-state index is 12.8. The minimum Gasteiger partial charge on any atom is -0.345 e. The summed E-state index contributed by atoms with van der Waals surface area (Å²) in [6.07, 6.45) is 7.16. The van der Waals surface area contributed by atoms with E-state index in [9.17, 15) is 4.79 Å². The third-order valence-electron chi connectivity index (χ3n) is 6.29. The second kappa shape index (κ2) is 6.88. The molecule has 1 spiro atoms. The van der Waals surface area contributed by atoms with Crippen LogP contribution in [0.15, 0.2) is 42.7 Å². The van der Waals surface area contributed by atoms with Gasteiger partial charge in [-0.25, -0.2) is 4.98 Å². The first kappa shape index (κ1) is 17.3. The lowest BCUT2D eigenvalue weighted by Crippen LogP contribution is -2.52. The average Bonchev–Trinajstić information content (AvgIpc) is 3.06. The molecule has 1 atom stereocenters. The van der Waals surface area contributed by atoms with Gasteiger partial charge in [0.1, 0.15) is 5.82 Å². The van der Waals surface area contributed by atoms with Gasteiger partial charge in [-0.2, -0.15) is 0 Å². The lowest BCUT2D eigenvalue weighted by atomic mass is 9.68. The van der Waals surface area contributed by atoms with Crippen LogP contribution in [0.5, 0.6) is 0 Å². The first-order valence-corrected chi connectivity index (χ1v) is 9.55. The summed E-state index contributed by atoms with van der Waals surface area (Å²) >= 11 is 0. The third-order valence-corrected chi connectivity index (χ3v) is 6.29. The molecule has 0 unspecified atom stereocenters. The number of nitrogens with zero attached hydrogens (tertiary/aromatic N) is 4. The molecular weight excluding hydrogens is 324 g/mol. The standard InChI is InChI=1S/C21H28N4O/c1-23-13-10-22-19(23)15-25-11-8-21(9-12-25)14-18(20(26)24(2)16-21)17-6-4-3-5-7-17/h3-7,10,13,18H,8-9,11-12,14-16H2,1-2H3/t18-/m0/s1. The molecule has 2 saturated heterocycles. The zero-order valence-electron chi connectivity index (χ0n) is 15.8. The number of rotatable bonds is 3. The summed E-state index contributed by atoms with van der Waals surface area (Å²) in [7, 11) is 4.03. The Kier molecular flexibility index (Phi) is 4.57. The van der Waals surface area contributed by atoms with Gasteiger partial charge in [0.25, 0.3) is 0 Å². The number of hydrogen-bond donors (Lipinski definition) is 0. The van der Waals surface area contributed by atoms with Crippen molar-refractivity contribution in [2.45, 2.75) is 31.7 Å². The number of likely N-dealkylation sites (tertiary alicyclic amines) is 2. The summed E-state index contributed by atoms with van der Waals surface area (Å²) < 4.78 is 2.10. The van der Waals surface area contributed by atoms with Gasteiger partial charge in [0.2, 0.25) is 5.91 Å². The van der Waals surface area contributed by atoms with E-state index in [4.69, 9.17) is 0 Å². The monoisotopic (exact) mass is 352 g/mol. The topological polar surface area (TPSA) is 41.4 Å². The highest BCUT2D eigenvalue weighted by Crippen LogP contribution is 2.45.